The molecule has 2 nitrogen and oxygen atoms in total. The van der Waals surface area contributed by atoms with E-state index in [2.05, 4.69) is 37.5 Å². The molecule has 0 spiro atoms. The minimum Gasteiger partial charge on any atom is -0.497 e. The molecule has 0 heterocycles. The molecule has 0 bridgehead atoms. The van der Waals surface area contributed by atoms with E-state index in [1.54, 1.807) is 18.2 Å². The first-order chi connectivity index (χ1) is 8.80. The predicted molar refractivity (Wildman–Crippen MR) is 74.2 cm³/mol. The van der Waals surface area contributed by atoms with E-state index in [0.717, 1.165) is 29.5 Å². The van der Waals surface area contributed by atoms with Gasteiger partial charge in [0.15, 0.2) is 0 Å². The zero-order chi connectivity index (χ0) is 12.7. The zero-order valence-corrected chi connectivity index (χ0v) is 11.6. The number of hydrogen-bond acceptors (Lipinski definition) is 2. The molecule has 0 aliphatic heterocycles. The van der Waals surface area contributed by atoms with Gasteiger partial charge in [-0.05, 0) is 60.9 Å². The van der Waals surface area contributed by atoms with E-state index >= 15 is 0 Å². The van der Waals surface area contributed by atoms with Crippen LogP contribution in [0.15, 0.2) is 18.2 Å². The molecule has 4 unspecified atom stereocenters. The van der Waals surface area contributed by atoms with Gasteiger partial charge in [-0.15, -0.1) is 0 Å². The first-order valence-corrected chi connectivity index (χ1v) is 7.14. The third kappa shape index (κ3) is 1.58. The molecule has 1 aromatic carbocycles. The molecule has 2 aliphatic carbocycles. The van der Waals surface area contributed by atoms with E-state index in [-0.39, 0.29) is 0 Å². The van der Waals surface area contributed by atoms with Crippen molar-refractivity contribution < 1.29 is 4.74 Å². The molecule has 1 aromatic rings. The van der Waals surface area contributed by atoms with Crippen LogP contribution in [-0.2, 0) is 6.42 Å². The van der Waals surface area contributed by atoms with Crippen LogP contribution in [0.1, 0.15) is 36.8 Å². The molecule has 0 saturated heterocycles. The van der Waals surface area contributed by atoms with Crippen molar-refractivity contribution in [2.45, 2.75) is 38.1 Å². The molecular weight excluding hydrogens is 222 g/mol. The lowest BCUT2D eigenvalue weighted by Crippen LogP contribution is -2.57. The van der Waals surface area contributed by atoms with Crippen molar-refractivity contribution in [3.63, 3.8) is 0 Å². The second-order valence-electron chi connectivity index (χ2n) is 5.68. The summed E-state index contributed by atoms with van der Waals surface area (Å²) in [5, 5.41) is 3.53. The summed E-state index contributed by atoms with van der Waals surface area (Å²) >= 11 is 0. The topological polar surface area (TPSA) is 21.3 Å². The average Bonchev–Trinajstić information content (AvgIpc) is 2.39. The predicted octanol–water partition coefficient (Wildman–Crippen LogP) is 2.97. The smallest absolute Gasteiger partial charge is 0.119 e. The van der Waals surface area contributed by atoms with Crippen LogP contribution in [0, 0.1) is 11.8 Å². The summed E-state index contributed by atoms with van der Waals surface area (Å²) in [4.78, 5) is 0. The highest BCUT2D eigenvalue weighted by Crippen LogP contribution is 2.55. The Balaban J connectivity index is 1.96. The van der Waals surface area contributed by atoms with Gasteiger partial charge in [0.05, 0.1) is 7.11 Å². The molecule has 4 atom stereocenters. The van der Waals surface area contributed by atoms with Crippen LogP contribution < -0.4 is 10.1 Å². The molecular formula is C16H23NO. The lowest BCUT2D eigenvalue weighted by Gasteiger charge is -2.55. The first kappa shape index (κ1) is 12.0. The molecule has 0 radical (unpaired) electrons. The number of aryl methyl sites for hydroxylation is 1. The summed E-state index contributed by atoms with van der Waals surface area (Å²) in [5.41, 5.74) is 3.11. The largest absolute Gasteiger partial charge is 0.497 e. The minimum absolute atomic E-state index is 0.722. The van der Waals surface area contributed by atoms with Crippen molar-refractivity contribution >= 4 is 0 Å². The summed E-state index contributed by atoms with van der Waals surface area (Å²) < 4.78 is 5.39. The first-order valence-electron chi connectivity index (χ1n) is 7.14. The lowest BCUT2D eigenvalue weighted by molar-refractivity contribution is 0.0555. The van der Waals surface area contributed by atoms with Gasteiger partial charge in [-0.25, -0.2) is 0 Å². The molecule has 1 saturated carbocycles. The fraction of sp³-hybridized carbons (Fsp3) is 0.625. The Kier molecular flexibility index (Phi) is 3.06. The Hall–Kier alpha value is -1.02. The number of hydrogen-bond donors (Lipinski definition) is 1. The van der Waals surface area contributed by atoms with Crippen molar-refractivity contribution in [1.29, 1.82) is 0 Å². The number of benzene rings is 1. The Morgan fingerprint density at radius 1 is 1.39 bits per heavy atom. The van der Waals surface area contributed by atoms with Crippen LogP contribution >= 0.6 is 0 Å². The van der Waals surface area contributed by atoms with Crippen LogP contribution in [0.3, 0.4) is 0 Å². The summed E-state index contributed by atoms with van der Waals surface area (Å²) in [6, 6.07) is 7.37. The van der Waals surface area contributed by atoms with Gasteiger partial charge >= 0.3 is 0 Å². The van der Waals surface area contributed by atoms with Gasteiger partial charge in [-0.3, -0.25) is 0 Å². The van der Waals surface area contributed by atoms with Crippen LogP contribution in [0.2, 0.25) is 0 Å². The van der Waals surface area contributed by atoms with E-state index < -0.39 is 0 Å². The molecule has 0 aromatic heterocycles. The SMILES string of the molecule is CCC1C(NC)C2CCc3ccc(OC)cc3C12. The molecule has 98 valence electrons. The highest BCUT2D eigenvalue weighted by atomic mass is 16.5. The second-order valence-corrected chi connectivity index (χ2v) is 5.68. The van der Waals surface area contributed by atoms with Crippen molar-refractivity contribution in [3.8, 4) is 5.75 Å². The van der Waals surface area contributed by atoms with Gasteiger partial charge in [0.1, 0.15) is 5.75 Å². The molecule has 1 N–H and O–H groups in total. The third-order valence-corrected chi connectivity index (χ3v) is 5.11. The fourth-order valence-electron chi connectivity index (χ4n) is 4.25. The maximum Gasteiger partial charge on any atom is 0.119 e. The van der Waals surface area contributed by atoms with Gasteiger partial charge in [0, 0.05) is 6.04 Å². The molecule has 1 fully saturated rings. The van der Waals surface area contributed by atoms with E-state index in [1.807, 2.05) is 0 Å². The van der Waals surface area contributed by atoms with Gasteiger partial charge in [0.25, 0.3) is 0 Å². The number of methoxy groups -OCH3 is 1. The summed E-state index contributed by atoms with van der Waals surface area (Å²) in [6.45, 7) is 2.32. The molecule has 2 aliphatic rings. The maximum atomic E-state index is 5.39. The van der Waals surface area contributed by atoms with Crippen molar-refractivity contribution in [1.82, 2.24) is 5.32 Å². The monoisotopic (exact) mass is 245 g/mol. The molecule has 18 heavy (non-hydrogen) atoms. The average molecular weight is 245 g/mol. The number of nitrogens with one attached hydrogen (secondary N) is 1. The van der Waals surface area contributed by atoms with Gasteiger partial charge < -0.3 is 10.1 Å². The van der Waals surface area contributed by atoms with Gasteiger partial charge in [0.2, 0.25) is 0 Å². The normalized spacial score (nSPS) is 33.3. The molecule has 0 amide bonds. The Labute approximate surface area is 110 Å². The van der Waals surface area contributed by atoms with Gasteiger partial charge in [-0.1, -0.05) is 19.4 Å². The lowest BCUT2D eigenvalue weighted by atomic mass is 9.53. The highest BCUT2D eigenvalue weighted by molar-refractivity contribution is 5.43. The van der Waals surface area contributed by atoms with Crippen LogP contribution in [0.4, 0.5) is 0 Å². The van der Waals surface area contributed by atoms with Crippen molar-refractivity contribution in [2.75, 3.05) is 14.2 Å². The van der Waals surface area contributed by atoms with Crippen LogP contribution in [0.25, 0.3) is 0 Å². The zero-order valence-electron chi connectivity index (χ0n) is 11.6. The molecule has 3 rings (SSSR count). The van der Waals surface area contributed by atoms with Crippen molar-refractivity contribution in [2.24, 2.45) is 11.8 Å². The summed E-state index contributed by atoms with van der Waals surface area (Å²) in [5.74, 6) is 3.40. The Morgan fingerprint density at radius 2 is 2.22 bits per heavy atom. The standard InChI is InChI=1S/C16H23NO/c1-4-12-15-13(16(12)17-2)8-6-10-5-7-11(18-3)9-14(10)15/h5,7,9,12-13,15-17H,4,6,8H2,1-3H3. The Bertz CT molecular complexity index is 443. The highest BCUT2D eigenvalue weighted by Gasteiger charge is 2.50. The summed E-state index contributed by atoms with van der Waals surface area (Å²) in [7, 11) is 3.88. The van der Waals surface area contributed by atoms with Gasteiger partial charge in [-0.2, -0.15) is 0 Å². The van der Waals surface area contributed by atoms with E-state index in [0.29, 0.717) is 0 Å². The quantitative estimate of drug-likeness (QED) is 0.884. The van der Waals surface area contributed by atoms with Crippen LogP contribution in [0.5, 0.6) is 5.75 Å². The second kappa shape index (κ2) is 4.58. The summed E-state index contributed by atoms with van der Waals surface area (Å²) in [6.07, 6.45) is 3.84. The third-order valence-electron chi connectivity index (χ3n) is 5.11. The van der Waals surface area contributed by atoms with E-state index in [4.69, 9.17) is 4.74 Å². The van der Waals surface area contributed by atoms with Crippen molar-refractivity contribution in [3.05, 3.63) is 29.3 Å². The number of ether oxygens (including phenoxy) is 1. The number of rotatable bonds is 3. The van der Waals surface area contributed by atoms with E-state index in [1.165, 1.54) is 19.3 Å². The maximum absolute atomic E-state index is 5.39. The number of fused-ring (bicyclic) bond motifs is 3. The van der Waals surface area contributed by atoms with Crippen LogP contribution in [-0.4, -0.2) is 20.2 Å². The minimum atomic E-state index is 0.722. The van der Waals surface area contributed by atoms with E-state index in [9.17, 15) is 0 Å². The molecule has 2 heteroatoms. The Morgan fingerprint density at radius 3 is 2.89 bits per heavy atom. The fourth-order valence-corrected chi connectivity index (χ4v) is 4.25.